The van der Waals surface area contributed by atoms with Crippen LogP contribution in [0, 0.1) is 5.82 Å². The van der Waals surface area contributed by atoms with E-state index < -0.39 is 11.8 Å². The van der Waals surface area contributed by atoms with Crippen molar-refractivity contribution >= 4 is 17.7 Å². The molecule has 6 heteroatoms. The predicted octanol–water partition coefficient (Wildman–Crippen LogP) is 3.59. The lowest BCUT2D eigenvalue weighted by Crippen LogP contribution is -2.08. The number of carboxylic acids is 1. The number of hydrogen-bond acceptors (Lipinski definition) is 4. The Hall–Kier alpha value is -1.95. The number of carboxylic acid groups (broad SMARTS) is 1. The molecule has 1 aromatic carbocycles. The van der Waals surface area contributed by atoms with Gasteiger partial charge in [-0.05, 0) is 12.1 Å². The van der Waals surface area contributed by atoms with Crippen molar-refractivity contribution in [1.82, 2.24) is 9.97 Å². The van der Waals surface area contributed by atoms with Crippen molar-refractivity contribution < 1.29 is 14.3 Å². The molecule has 0 unspecified atom stereocenters. The van der Waals surface area contributed by atoms with Gasteiger partial charge in [0.2, 0.25) is 0 Å². The largest absolute Gasteiger partial charge is 0.476 e. The van der Waals surface area contributed by atoms with E-state index >= 15 is 0 Å². The third kappa shape index (κ3) is 3.14. The van der Waals surface area contributed by atoms with Crippen LogP contribution in [0.1, 0.15) is 36.1 Å². The minimum Gasteiger partial charge on any atom is -0.476 e. The van der Waals surface area contributed by atoms with E-state index in [4.69, 9.17) is 0 Å². The molecule has 20 heavy (non-hydrogen) atoms. The molecule has 104 valence electrons. The highest BCUT2D eigenvalue weighted by atomic mass is 32.2. The highest BCUT2D eigenvalue weighted by Crippen LogP contribution is 2.31. The Labute approximate surface area is 120 Å². The van der Waals surface area contributed by atoms with Gasteiger partial charge < -0.3 is 5.11 Å². The molecule has 0 atom stereocenters. The van der Waals surface area contributed by atoms with E-state index in [9.17, 15) is 14.3 Å². The van der Waals surface area contributed by atoms with E-state index in [1.807, 2.05) is 13.8 Å². The molecule has 0 saturated heterocycles. The summed E-state index contributed by atoms with van der Waals surface area (Å²) in [4.78, 5) is 20.1. The molecular weight excluding hydrogens is 279 g/mol. The van der Waals surface area contributed by atoms with Crippen LogP contribution >= 0.6 is 11.8 Å². The van der Waals surface area contributed by atoms with Gasteiger partial charge in [0.1, 0.15) is 11.6 Å². The van der Waals surface area contributed by atoms with Crippen LogP contribution < -0.4 is 0 Å². The standard InChI is InChI=1S/C14H13FN2O2S/c1-8(2)13-16-7-11(12(17-13)14(18)19)20-10-6-4-3-5-9(10)15/h3-8H,1-2H3,(H,18,19). The first-order valence-corrected chi connectivity index (χ1v) is 6.83. The Bertz CT molecular complexity index is 647. The van der Waals surface area contributed by atoms with Crippen molar-refractivity contribution in [2.75, 3.05) is 0 Å². The molecular formula is C14H13FN2O2S. The summed E-state index contributed by atoms with van der Waals surface area (Å²) < 4.78 is 13.6. The van der Waals surface area contributed by atoms with Gasteiger partial charge >= 0.3 is 5.97 Å². The normalized spacial score (nSPS) is 10.8. The zero-order chi connectivity index (χ0) is 14.7. The smallest absolute Gasteiger partial charge is 0.355 e. The van der Waals surface area contributed by atoms with Crippen molar-refractivity contribution in [3.05, 3.63) is 47.8 Å². The van der Waals surface area contributed by atoms with Gasteiger partial charge in [-0.3, -0.25) is 0 Å². The average Bonchev–Trinajstić information content (AvgIpc) is 2.41. The summed E-state index contributed by atoms with van der Waals surface area (Å²) in [5.74, 6) is -1.06. The summed E-state index contributed by atoms with van der Waals surface area (Å²) in [5.41, 5.74) is -0.100. The maximum Gasteiger partial charge on any atom is 0.355 e. The van der Waals surface area contributed by atoms with E-state index in [2.05, 4.69) is 9.97 Å². The zero-order valence-corrected chi connectivity index (χ0v) is 11.8. The van der Waals surface area contributed by atoms with Crippen LogP contribution in [0.25, 0.3) is 0 Å². The van der Waals surface area contributed by atoms with Crippen LogP contribution in [0.15, 0.2) is 40.3 Å². The maximum atomic E-state index is 13.6. The van der Waals surface area contributed by atoms with Crippen molar-refractivity contribution in [3.63, 3.8) is 0 Å². The van der Waals surface area contributed by atoms with Crippen molar-refractivity contribution in [2.24, 2.45) is 0 Å². The first-order chi connectivity index (χ1) is 9.49. The zero-order valence-electron chi connectivity index (χ0n) is 11.0. The minimum atomic E-state index is -1.15. The Morgan fingerprint density at radius 2 is 2.00 bits per heavy atom. The van der Waals surface area contributed by atoms with Crippen molar-refractivity contribution in [1.29, 1.82) is 0 Å². The molecule has 0 saturated carbocycles. The fourth-order valence-corrected chi connectivity index (χ4v) is 2.42. The molecule has 2 rings (SSSR count). The van der Waals surface area contributed by atoms with Gasteiger partial charge in [-0.25, -0.2) is 19.2 Å². The number of halogens is 1. The quantitative estimate of drug-likeness (QED) is 0.933. The highest BCUT2D eigenvalue weighted by Gasteiger charge is 2.17. The summed E-state index contributed by atoms with van der Waals surface area (Å²) in [7, 11) is 0. The summed E-state index contributed by atoms with van der Waals surface area (Å²) in [6.45, 7) is 3.76. The summed E-state index contributed by atoms with van der Waals surface area (Å²) in [5, 5.41) is 9.22. The number of aromatic nitrogens is 2. The summed E-state index contributed by atoms with van der Waals surface area (Å²) in [6.07, 6.45) is 1.43. The molecule has 0 radical (unpaired) electrons. The molecule has 4 nitrogen and oxygen atoms in total. The summed E-state index contributed by atoms with van der Waals surface area (Å²) >= 11 is 1.01. The van der Waals surface area contributed by atoms with Crippen LogP contribution in [0.4, 0.5) is 4.39 Å². The van der Waals surface area contributed by atoms with Crippen LogP contribution in [0.3, 0.4) is 0 Å². The molecule has 0 spiro atoms. The second kappa shape index (κ2) is 6.00. The van der Waals surface area contributed by atoms with E-state index in [0.29, 0.717) is 15.6 Å². The fourth-order valence-electron chi connectivity index (χ4n) is 1.54. The van der Waals surface area contributed by atoms with Gasteiger partial charge in [0, 0.05) is 17.0 Å². The molecule has 0 fully saturated rings. The minimum absolute atomic E-state index is 0.0283. The Morgan fingerprint density at radius 3 is 2.60 bits per heavy atom. The Morgan fingerprint density at radius 1 is 1.30 bits per heavy atom. The lowest BCUT2D eigenvalue weighted by Gasteiger charge is -2.09. The number of benzene rings is 1. The van der Waals surface area contributed by atoms with Gasteiger partial charge in [-0.2, -0.15) is 0 Å². The topological polar surface area (TPSA) is 63.1 Å². The van der Waals surface area contributed by atoms with E-state index in [1.165, 1.54) is 12.3 Å². The van der Waals surface area contributed by atoms with E-state index in [-0.39, 0.29) is 11.6 Å². The van der Waals surface area contributed by atoms with Crippen molar-refractivity contribution in [2.45, 2.75) is 29.6 Å². The number of carbonyl (C=O) groups is 1. The van der Waals surface area contributed by atoms with Gasteiger partial charge in [0.15, 0.2) is 5.69 Å². The average molecular weight is 292 g/mol. The number of aromatic carboxylic acids is 1. The van der Waals surface area contributed by atoms with Crippen LogP contribution in [-0.2, 0) is 0 Å². The van der Waals surface area contributed by atoms with Crippen molar-refractivity contribution in [3.8, 4) is 0 Å². The molecule has 2 aromatic rings. The maximum absolute atomic E-state index is 13.6. The Kier molecular flexibility index (Phi) is 4.34. The third-order valence-electron chi connectivity index (χ3n) is 2.55. The number of rotatable bonds is 4. The molecule has 0 bridgehead atoms. The molecule has 0 aliphatic heterocycles. The monoisotopic (exact) mass is 292 g/mol. The lowest BCUT2D eigenvalue weighted by atomic mass is 10.2. The number of hydrogen-bond donors (Lipinski definition) is 1. The van der Waals surface area contributed by atoms with Crippen LogP contribution in [0.2, 0.25) is 0 Å². The van der Waals surface area contributed by atoms with Gasteiger partial charge in [-0.1, -0.05) is 37.7 Å². The van der Waals surface area contributed by atoms with E-state index in [0.717, 1.165) is 11.8 Å². The first kappa shape index (κ1) is 14.5. The fraction of sp³-hybridized carbons (Fsp3) is 0.214. The predicted molar refractivity (Wildman–Crippen MR) is 73.6 cm³/mol. The SMILES string of the molecule is CC(C)c1ncc(Sc2ccccc2F)c(C(=O)O)n1. The molecule has 0 amide bonds. The Balaban J connectivity index is 2.41. The molecule has 1 N–H and O–H groups in total. The molecule has 0 aliphatic carbocycles. The van der Waals surface area contributed by atoms with Gasteiger partial charge in [-0.15, -0.1) is 0 Å². The third-order valence-corrected chi connectivity index (χ3v) is 3.62. The second-order valence-electron chi connectivity index (χ2n) is 4.43. The molecule has 0 aliphatic rings. The molecule has 1 aromatic heterocycles. The number of nitrogens with zero attached hydrogens (tertiary/aromatic N) is 2. The second-order valence-corrected chi connectivity index (χ2v) is 5.52. The highest BCUT2D eigenvalue weighted by molar-refractivity contribution is 7.99. The van der Waals surface area contributed by atoms with E-state index in [1.54, 1.807) is 18.2 Å². The lowest BCUT2D eigenvalue weighted by molar-refractivity contribution is 0.0685. The van der Waals surface area contributed by atoms with Crippen LogP contribution in [-0.4, -0.2) is 21.0 Å². The first-order valence-electron chi connectivity index (χ1n) is 6.01. The van der Waals surface area contributed by atoms with Crippen LogP contribution in [0.5, 0.6) is 0 Å². The van der Waals surface area contributed by atoms with Gasteiger partial charge in [0.25, 0.3) is 0 Å². The molecule has 1 heterocycles. The summed E-state index contributed by atoms with van der Waals surface area (Å²) in [6, 6.07) is 6.18. The van der Waals surface area contributed by atoms with Gasteiger partial charge in [0.05, 0.1) is 4.90 Å².